The number of nitrogens with zero attached hydrogens (tertiary/aromatic N) is 2. The molecule has 0 bridgehead atoms. The van der Waals surface area contributed by atoms with Gasteiger partial charge >= 0.3 is 0 Å². The van der Waals surface area contributed by atoms with Gasteiger partial charge in [0.1, 0.15) is 0 Å². The molecule has 1 saturated heterocycles. The summed E-state index contributed by atoms with van der Waals surface area (Å²) < 4.78 is 0. The third kappa shape index (κ3) is 4.87. The van der Waals surface area contributed by atoms with Gasteiger partial charge in [0.25, 0.3) is 0 Å². The molecule has 106 valence electrons. The maximum atomic E-state index is 3.79. The molecule has 3 heteroatoms. The van der Waals surface area contributed by atoms with Crippen LogP contribution in [-0.4, -0.2) is 61.2 Å². The highest BCUT2D eigenvalue weighted by molar-refractivity contribution is 4.88. The van der Waals surface area contributed by atoms with Crippen LogP contribution in [-0.2, 0) is 0 Å². The predicted octanol–water partition coefficient (Wildman–Crippen LogP) is 1.93. The maximum Gasteiger partial charge on any atom is 0.0198 e. The lowest BCUT2D eigenvalue weighted by molar-refractivity contribution is 0.161. The summed E-state index contributed by atoms with van der Waals surface area (Å²) in [6.07, 6.45) is 6.87. The second-order valence-electron chi connectivity index (χ2n) is 6.01. The molecule has 0 amide bonds. The molecule has 1 atom stereocenters. The normalized spacial score (nSPS) is 25.8. The quantitative estimate of drug-likeness (QED) is 0.713. The van der Waals surface area contributed by atoms with Crippen molar-refractivity contribution in [1.82, 2.24) is 15.1 Å². The number of likely N-dealkylation sites (tertiary alicyclic amines) is 1. The fraction of sp³-hybridized carbons (Fsp3) is 1.00. The summed E-state index contributed by atoms with van der Waals surface area (Å²) in [7, 11) is 0. The van der Waals surface area contributed by atoms with Gasteiger partial charge in [0.05, 0.1) is 0 Å². The number of hydrogen-bond acceptors (Lipinski definition) is 3. The van der Waals surface area contributed by atoms with Crippen molar-refractivity contribution in [2.24, 2.45) is 0 Å². The van der Waals surface area contributed by atoms with Gasteiger partial charge in [0.15, 0.2) is 0 Å². The maximum absolute atomic E-state index is 3.79. The van der Waals surface area contributed by atoms with Gasteiger partial charge in [-0.3, -0.25) is 0 Å². The van der Waals surface area contributed by atoms with Gasteiger partial charge in [-0.05, 0) is 51.7 Å². The van der Waals surface area contributed by atoms with Crippen molar-refractivity contribution < 1.29 is 0 Å². The molecule has 2 rings (SSSR count). The van der Waals surface area contributed by atoms with E-state index in [4.69, 9.17) is 0 Å². The Labute approximate surface area is 113 Å². The minimum atomic E-state index is 0.771. The highest BCUT2D eigenvalue weighted by Gasteiger charge is 2.27. The first-order chi connectivity index (χ1) is 8.81. The molecule has 3 nitrogen and oxygen atoms in total. The molecule has 0 aromatic heterocycles. The van der Waals surface area contributed by atoms with Crippen molar-refractivity contribution >= 4 is 0 Å². The first kappa shape index (κ1) is 14.3. The molecule has 0 radical (unpaired) electrons. The zero-order valence-corrected chi connectivity index (χ0v) is 12.3. The van der Waals surface area contributed by atoms with Crippen LogP contribution < -0.4 is 5.32 Å². The van der Waals surface area contributed by atoms with E-state index in [1.54, 1.807) is 0 Å². The summed E-state index contributed by atoms with van der Waals surface area (Å²) in [5.41, 5.74) is 0. The lowest BCUT2D eigenvalue weighted by Gasteiger charge is -2.34. The van der Waals surface area contributed by atoms with E-state index in [0.29, 0.717) is 0 Å². The molecular formula is C15H31N3. The zero-order chi connectivity index (χ0) is 12.8. The zero-order valence-electron chi connectivity index (χ0n) is 12.3. The van der Waals surface area contributed by atoms with Crippen LogP contribution in [0, 0.1) is 0 Å². The van der Waals surface area contributed by atoms with Crippen molar-refractivity contribution in [3.8, 4) is 0 Å². The van der Waals surface area contributed by atoms with Crippen molar-refractivity contribution in [2.45, 2.75) is 58.0 Å². The number of hydrogen-bond donors (Lipinski definition) is 1. The minimum Gasteiger partial charge on any atom is -0.310 e. The van der Waals surface area contributed by atoms with Gasteiger partial charge < -0.3 is 15.1 Å². The Morgan fingerprint density at radius 3 is 2.61 bits per heavy atom. The van der Waals surface area contributed by atoms with E-state index >= 15 is 0 Å². The summed E-state index contributed by atoms with van der Waals surface area (Å²) in [6.45, 7) is 12.1. The molecule has 18 heavy (non-hydrogen) atoms. The average molecular weight is 253 g/mol. The van der Waals surface area contributed by atoms with Crippen LogP contribution in [0.4, 0.5) is 0 Å². The number of piperidine rings is 1. The van der Waals surface area contributed by atoms with Crippen LogP contribution in [0.5, 0.6) is 0 Å². The van der Waals surface area contributed by atoms with E-state index in [1.807, 2.05) is 0 Å². The Morgan fingerprint density at radius 2 is 1.94 bits per heavy atom. The Bertz CT molecular complexity index is 228. The van der Waals surface area contributed by atoms with Crippen LogP contribution >= 0.6 is 0 Å². The van der Waals surface area contributed by atoms with Crippen LogP contribution in [0.1, 0.15) is 46.0 Å². The van der Waals surface area contributed by atoms with Crippen molar-refractivity contribution in [2.75, 3.05) is 39.3 Å². The van der Waals surface area contributed by atoms with Crippen LogP contribution in [0.2, 0.25) is 0 Å². The monoisotopic (exact) mass is 253 g/mol. The Morgan fingerprint density at radius 1 is 1.11 bits per heavy atom. The fourth-order valence-corrected chi connectivity index (χ4v) is 3.01. The molecule has 0 aromatic rings. The van der Waals surface area contributed by atoms with Crippen LogP contribution in [0.25, 0.3) is 0 Å². The molecule has 2 aliphatic rings. The first-order valence-corrected chi connectivity index (χ1v) is 8.02. The Balaban J connectivity index is 1.64. The summed E-state index contributed by atoms with van der Waals surface area (Å²) in [5.74, 6) is 0. The highest BCUT2D eigenvalue weighted by atomic mass is 15.2. The van der Waals surface area contributed by atoms with Gasteiger partial charge in [0, 0.05) is 31.7 Å². The molecule has 0 aromatic carbocycles. The SMILES string of the molecule is CCCN(CC)CCN1CCCC(NC2CC2)C1. The van der Waals surface area contributed by atoms with Gasteiger partial charge in [-0.2, -0.15) is 0 Å². The van der Waals surface area contributed by atoms with Gasteiger partial charge in [-0.15, -0.1) is 0 Å². The van der Waals surface area contributed by atoms with E-state index in [1.165, 1.54) is 71.4 Å². The molecule has 1 aliphatic carbocycles. The molecule has 2 fully saturated rings. The predicted molar refractivity (Wildman–Crippen MR) is 78.0 cm³/mol. The van der Waals surface area contributed by atoms with Crippen LogP contribution in [0.15, 0.2) is 0 Å². The third-order valence-electron chi connectivity index (χ3n) is 4.27. The summed E-state index contributed by atoms with van der Waals surface area (Å²) in [4.78, 5) is 5.25. The van der Waals surface area contributed by atoms with Crippen LogP contribution in [0.3, 0.4) is 0 Å². The summed E-state index contributed by atoms with van der Waals surface area (Å²) in [5, 5.41) is 3.79. The van der Waals surface area contributed by atoms with E-state index in [-0.39, 0.29) is 0 Å². The second-order valence-corrected chi connectivity index (χ2v) is 6.01. The van der Waals surface area contributed by atoms with Gasteiger partial charge in [-0.25, -0.2) is 0 Å². The first-order valence-electron chi connectivity index (χ1n) is 8.02. The second kappa shape index (κ2) is 7.46. The molecule has 1 heterocycles. The number of likely N-dealkylation sites (N-methyl/N-ethyl adjacent to an activating group) is 1. The standard InChI is InChI=1S/C15H31N3/c1-3-9-17(4-2)11-12-18-10-5-6-15(13-18)16-14-7-8-14/h14-16H,3-13H2,1-2H3. The molecule has 0 spiro atoms. The average Bonchev–Trinajstić information content (AvgIpc) is 3.19. The molecular weight excluding hydrogens is 222 g/mol. The highest BCUT2D eigenvalue weighted by Crippen LogP contribution is 2.21. The third-order valence-corrected chi connectivity index (χ3v) is 4.27. The summed E-state index contributed by atoms with van der Waals surface area (Å²) in [6, 6.07) is 1.63. The minimum absolute atomic E-state index is 0.771. The lowest BCUT2D eigenvalue weighted by Crippen LogP contribution is -2.48. The topological polar surface area (TPSA) is 18.5 Å². The van der Waals surface area contributed by atoms with Crippen molar-refractivity contribution in [3.05, 3.63) is 0 Å². The van der Waals surface area contributed by atoms with E-state index < -0.39 is 0 Å². The van der Waals surface area contributed by atoms with Crippen molar-refractivity contribution in [3.63, 3.8) is 0 Å². The summed E-state index contributed by atoms with van der Waals surface area (Å²) >= 11 is 0. The largest absolute Gasteiger partial charge is 0.310 e. The molecule has 1 unspecified atom stereocenters. The van der Waals surface area contributed by atoms with E-state index in [9.17, 15) is 0 Å². The van der Waals surface area contributed by atoms with E-state index in [0.717, 1.165) is 12.1 Å². The molecule has 1 saturated carbocycles. The van der Waals surface area contributed by atoms with E-state index in [2.05, 4.69) is 29.0 Å². The Hall–Kier alpha value is -0.120. The molecule has 1 aliphatic heterocycles. The number of nitrogens with one attached hydrogen (secondary N) is 1. The van der Waals surface area contributed by atoms with Crippen molar-refractivity contribution in [1.29, 1.82) is 0 Å². The fourth-order valence-electron chi connectivity index (χ4n) is 3.01. The number of rotatable bonds is 8. The van der Waals surface area contributed by atoms with Gasteiger partial charge in [0.2, 0.25) is 0 Å². The van der Waals surface area contributed by atoms with Gasteiger partial charge in [-0.1, -0.05) is 13.8 Å². The Kier molecular flexibility index (Phi) is 5.93. The smallest absolute Gasteiger partial charge is 0.0198 e. The molecule has 1 N–H and O–H groups in total. The lowest BCUT2D eigenvalue weighted by atomic mass is 10.1.